The number of para-hydroxylation sites is 1. The van der Waals surface area contributed by atoms with E-state index in [1.807, 2.05) is 30.9 Å². The van der Waals surface area contributed by atoms with Gasteiger partial charge in [-0.15, -0.1) is 0 Å². The first-order chi connectivity index (χ1) is 13.5. The molecule has 0 saturated carbocycles. The number of ether oxygens (including phenoxy) is 1. The first kappa shape index (κ1) is 19.9. The summed E-state index contributed by atoms with van der Waals surface area (Å²) in [6.45, 7) is 8.55. The van der Waals surface area contributed by atoms with Gasteiger partial charge in [0.2, 0.25) is 5.88 Å². The van der Waals surface area contributed by atoms with Crippen molar-refractivity contribution in [3.8, 4) is 5.88 Å². The first-order valence-corrected chi connectivity index (χ1v) is 9.72. The number of anilines is 2. The van der Waals surface area contributed by atoms with Gasteiger partial charge < -0.3 is 19.9 Å². The van der Waals surface area contributed by atoms with Crippen molar-refractivity contribution in [2.45, 2.75) is 27.2 Å². The second-order valence-corrected chi connectivity index (χ2v) is 6.73. The van der Waals surface area contributed by atoms with Gasteiger partial charge in [0.15, 0.2) is 0 Å². The molecule has 0 unspecified atom stereocenters. The third kappa shape index (κ3) is 4.35. The molecular formula is C21H27FN4O2. The van der Waals surface area contributed by atoms with E-state index < -0.39 is 0 Å². The van der Waals surface area contributed by atoms with Crippen molar-refractivity contribution >= 4 is 17.4 Å². The van der Waals surface area contributed by atoms with Gasteiger partial charge in [-0.25, -0.2) is 14.2 Å². The van der Waals surface area contributed by atoms with Crippen LogP contribution < -0.4 is 15.0 Å². The maximum Gasteiger partial charge on any atom is 0.322 e. The number of rotatable bonds is 5. The summed E-state index contributed by atoms with van der Waals surface area (Å²) in [4.78, 5) is 20.9. The van der Waals surface area contributed by atoms with Gasteiger partial charge in [0.05, 0.1) is 12.3 Å². The predicted octanol–water partition coefficient (Wildman–Crippen LogP) is 3.84. The molecule has 0 atom stereocenters. The molecule has 1 fully saturated rings. The quantitative estimate of drug-likeness (QED) is 0.848. The number of aromatic nitrogens is 1. The third-order valence-electron chi connectivity index (χ3n) is 4.95. The van der Waals surface area contributed by atoms with Gasteiger partial charge in [0.1, 0.15) is 11.5 Å². The minimum atomic E-state index is -0.236. The third-order valence-corrected chi connectivity index (χ3v) is 4.95. The molecule has 1 aliphatic rings. The molecule has 2 amide bonds. The fourth-order valence-electron chi connectivity index (χ4n) is 3.37. The lowest BCUT2D eigenvalue weighted by atomic mass is 10.1. The topological polar surface area (TPSA) is 57.7 Å². The predicted molar refractivity (Wildman–Crippen MR) is 109 cm³/mol. The highest BCUT2D eigenvalue weighted by Gasteiger charge is 2.24. The molecule has 3 rings (SSSR count). The maximum absolute atomic E-state index is 14.0. The average Bonchev–Trinajstić information content (AvgIpc) is 2.70. The van der Waals surface area contributed by atoms with Gasteiger partial charge in [-0.2, -0.15) is 0 Å². The van der Waals surface area contributed by atoms with E-state index in [1.165, 1.54) is 6.07 Å². The van der Waals surface area contributed by atoms with Gasteiger partial charge in [-0.1, -0.05) is 19.1 Å². The van der Waals surface area contributed by atoms with Crippen LogP contribution in [0.1, 0.15) is 25.1 Å². The summed E-state index contributed by atoms with van der Waals surface area (Å²) in [6.07, 6.45) is 0.829. The van der Waals surface area contributed by atoms with Crippen molar-refractivity contribution in [2.75, 3.05) is 43.0 Å². The molecular weight excluding hydrogens is 359 g/mol. The summed E-state index contributed by atoms with van der Waals surface area (Å²) in [5.74, 6) is 0.204. The lowest BCUT2D eigenvalue weighted by Gasteiger charge is -2.36. The van der Waals surface area contributed by atoms with E-state index in [2.05, 4.69) is 17.2 Å². The Kier molecular flexibility index (Phi) is 6.34. The summed E-state index contributed by atoms with van der Waals surface area (Å²) < 4.78 is 19.6. The highest BCUT2D eigenvalue weighted by atomic mass is 19.1. The van der Waals surface area contributed by atoms with E-state index in [0.29, 0.717) is 50.0 Å². The number of nitrogens with one attached hydrogen (secondary N) is 1. The van der Waals surface area contributed by atoms with Crippen molar-refractivity contribution in [2.24, 2.45) is 0 Å². The summed E-state index contributed by atoms with van der Waals surface area (Å²) in [7, 11) is 0. The van der Waals surface area contributed by atoms with E-state index in [0.717, 1.165) is 17.7 Å². The Morgan fingerprint density at radius 1 is 1.21 bits per heavy atom. The van der Waals surface area contributed by atoms with Crippen molar-refractivity contribution in [1.29, 1.82) is 0 Å². The Balaban J connectivity index is 1.67. The van der Waals surface area contributed by atoms with Crippen LogP contribution in [-0.4, -0.2) is 48.7 Å². The van der Waals surface area contributed by atoms with Gasteiger partial charge in [-0.05, 0) is 44.0 Å². The molecule has 28 heavy (non-hydrogen) atoms. The number of carbonyl (C=O) groups excluding carboxylic acids is 1. The van der Waals surface area contributed by atoms with Crippen LogP contribution in [0.2, 0.25) is 0 Å². The number of nitrogens with zero attached hydrogens (tertiary/aromatic N) is 3. The first-order valence-electron chi connectivity index (χ1n) is 9.72. The number of hydrogen-bond donors (Lipinski definition) is 1. The zero-order chi connectivity index (χ0) is 20.1. The minimum Gasteiger partial charge on any atom is -0.476 e. The number of aryl methyl sites for hydroxylation is 2. The molecule has 7 heteroatoms. The molecule has 0 aliphatic carbocycles. The van der Waals surface area contributed by atoms with Crippen molar-refractivity contribution < 1.29 is 13.9 Å². The summed E-state index contributed by atoms with van der Waals surface area (Å²) in [6, 6.07) is 8.47. The number of carbonyl (C=O) groups is 1. The Hall–Kier alpha value is -2.83. The van der Waals surface area contributed by atoms with Crippen LogP contribution >= 0.6 is 0 Å². The van der Waals surface area contributed by atoms with E-state index >= 15 is 0 Å². The molecule has 6 nitrogen and oxygen atoms in total. The van der Waals surface area contributed by atoms with Gasteiger partial charge >= 0.3 is 6.03 Å². The number of hydrogen-bond acceptors (Lipinski definition) is 4. The van der Waals surface area contributed by atoms with Crippen LogP contribution in [0.25, 0.3) is 0 Å². The van der Waals surface area contributed by atoms with Crippen LogP contribution in [0.5, 0.6) is 5.88 Å². The number of amides is 2. The summed E-state index contributed by atoms with van der Waals surface area (Å²) in [5.41, 5.74) is 3.15. The van der Waals surface area contributed by atoms with E-state index in [-0.39, 0.29) is 11.8 Å². The molecule has 1 aromatic heterocycles. The Morgan fingerprint density at radius 2 is 1.93 bits per heavy atom. The minimum absolute atomic E-state index is 0.193. The fraction of sp³-hybridized carbons (Fsp3) is 0.429. The standard InChI is InChI=1S/C21H27FN4O2/c1-4-16-14-18(20(28-5-2)23-15(16)3)24-21(27)26-12-10-25(11-13-26)19-9-7-6-8-17(19)22/h6-9,14H,4-5,10-13H2,1-3H3,(H,24,27). The number of piperazine rings is 1. The second kappa shape index (κ2) is 8.91. The lowest BCUT2D eigenvalue weighted by Crippen LogP contribution is -2.50. The van der Waals surface area contributed by atoms with Crippen LogP contribution in [0.4, 0.5) is 20.6 Å². The van der Waals surface area contributed by atoms with Crippen molar-refractivity contribution in [3.05, 3.63) is 47.4 Å². The lowest BCUT2D eigenvalue weighted by molar-refractivity contribution is 0.208. The molecule has 1 saturated heterocycles. The molecule has 150 valence electrons. The number of benzene rings is 1. The molecule has 1 aliphatic heterocycles. The Morgan fingerprint density at radius 3 is 2.57 bits per heavy atom. The van der Waals surface area contributed by atoms with E-state index in [1.54, 1.807) is 17.0 Å². The van der Waals surface area contributed by atoms with E-state index in [9.17, 15) is 9.18 Å². The van der Waals surface area contributed by atoms with Gasteiger partial charge in [-0.3, -0.25) is 0 Å². The summed E-state index contributed by atoms with van der Waals surface area (Å²) >= 11 is 0. The molecule has 1 N–H and O–H groups in total. The second-order valence-electron chi connectivity index (χ2n) is 6.73. The van der Waals surface area contributed by atoms with Gasteiger partial charge in [0.25, 0.3) is 0 Å². The summed E-state index contributed by atoms with van der Waals surface area (Å²) in [5, 5.41) is 2.94. The Labute approximate surface area is 165 Å². The maximum atomic E-state index is 14.0. The number of urea groups is 1. The molecule has 0 bridgehead atoms. The van der Waals surface area contributed by atoms with Crippen LogP contribution in [0.3, 0.4) is 0 Å². The SMILES string of the molecule is CCOc1nc(C)c(CC)cc1NC(=O)N1CCN(c2ccccc2F)CC1. The molecule has 2 aromatic rings. The molecule has 2 heterocycles. The van der Waals surface area contributed by atoms with Crippen molar-refractivity contribution in [3.63, 3.8) is 0 Å². The highest BCUT2D eigenvalue weighted by molar-refractivity contribution is 5.91. The smallest absolute Gasteiger partial charge is 0.322 e. The van der Waals surface area contributed by atoms with Crippen molar-refractivity contribution in [1.82, 2.24) is 9.88 Å². The average molecular weight is 386 g/mol. The zero-order valence-electron chi connectivity index (χ0n) is 16.7. The monoisotopic (exact) mass is 386 g/mol. The highest BCUT2D eigenvalue weighted by Crippen LogP contribution is 2.26. The molecule has 0 spiro atoms. The largest absolute Gasteiger partial charge is 0.476 e. The molecule has 1 aromatic carbocycles. The Bertz CT molecular complexity index is 835. The van der Waals surface area contributed by atoms with Crippen LogP contribution in [-0.2, 0) is 6.42 Å². The normalized spacial score (nSPS) is 14.1. The van der Waals surface area contributed by atoms with Crippen LogP contribution in [0.15, 0.2) is 30.3 Å². The van der Waals surface area contributed by atoms with E-state index in [4.69, 9.17) is 4.74 Å². The fourth-order valence-corrected chi connectivity index (χ4v) is 3.37. The number of pyridine rings is 1. The molecule has 0 radical (unpaired) electrons. The zero-order valence-corrected chi connectivity index (χ0v) is 16.7. The van der Waals surface area contributed by atoms with Crippen LogP contribution in [0, 0.1) is 12.7 Å². The number of halogens is 1. The van der Waals surface area contributed by atoms with Gasteiger partial charge in [0, 0.05) is 31.9 Å².